The van der Waals surface area contributed by atoms with Gasteiger partial charge in [0.05, 0.1) is 28.9 Å². The minimum atomic E-state index is -4.53. The lowest BCUT2D eigenvalue weighted by molar-refractivity contribution is -0.142. The Morgan fingerprint density at radius 3 is 2.38 bits per heavy atom. The Morgan fingerprint density at radius 1 is 0.938 bits per heavy atom. The van der Waals surface area contributed by atoms with Crippen molar-refractivity contribution < 1.29 is 32.3 Å². The summed E-state index contributed by atoms with van der Waals surface area (Å²) in [6.45, 7) is 2.41. The molecule has 0 bridgehead atoms. The van der Waals surface area contributed by atoms with E-state index in [2.05, 4.69) is 10.1 Å². The van der Waals surface area contributed by atoms with Crippen LogP contribution in [0.5, 0.6) is 0 Å². The number of aromatic nitrogens is 3. The van der Waals surface area contributed by atoms with Gasteiger partial charge in [-0.3, -0.25) is 9.59 Å². The molecule has 7 nitrogen and oxygen atoms in total. The fourth-order valence-corrected chi connectivity index (χ4v) is 6.69. The average Bonchev–Trinajstić information content (AvgIpc) is 3.51. The SMILES string of the molecule is C[C@@H]1c2ccccc2CCN1C(=O)c1cc(-c2ccc(C(F)(F)F)cc2)n2nc(-c3ccc(C4=CC[C@@H](C(=O)O)CC4)cc3F)cc2n1. The normalized spacial score (nSPS) is 18.0. The predicted molar refractivity (Wildman–Crippen MR) is 171 cm³/mol. The molecule has 3 heterocycles. The minimum absolute atomic E-state index is 0.0924. The number of carbonyl (C=O) groups is 2. The number of benzene rings is 3. The topological polar surface area (TPSA) is 87.8 Å². The average molecular weight is 655 g/mol. The van der Waals surface area contributed by atoms with E-state index in [1.807, 2.05) is 37.3 Å². The van der Waals surface area contributed by atoms with E-state index in [0.29, 0.717) is 49.0 Å². The molecule has 1 N–H and O–H groups in total. The van der Waals surface area contributed by atoms with E-state index in [1.165, 1.54) is 34.3 Å². The Kier molecular flexibility index (Phi) is 7.85. The number of carboxylic acids is 1. The molecule has 0 saturated carbocycles. The van der Waals surface area contributed by atoms with Gasteiger partial charge in [-0.25, -0.2) is 13.9 Å². The van der Waals surface area contributed by atoms with Crippen LogP contribution in [0.1, 0.15) is 65.0 Å². The third-order valence-electron chi connectivity index (χ3n) is 9.39. The van der Waals surface area contributed by atoms with Crippen molar-refractivity contribution >= 4 is 23.1 Å². The molecule has 0 radical (unpaired) electrons. The van der Waals surface area contributed by atoms with Gasteiger partial charge in [0.15, 0.2) is 5.65 Å². The van der Waals surface area contributed by atoms with Gasteiger partial charge >= 0.3 is 12.1 Å². The van der Waals surface area contributed by atoms with Crippen molar-refractivity contribution in [1.82, 2.24) is 19.5 Å². The van der Waals surface area contributed by atoms with Gasteiger partial charge in [-0.2, -0.15) is 18.3 Å². The first kappa shape index (κ1) is 31.3. The molecule has 7 rings (SSSR count). The van der Waals surface area contributed by atoms with Crippen LogP contribution in [0.4, 0.5) is 17.6 Å². The van der Waals surface area contributed by atoms with Crippen molar-refractivity contribution in [1.29, 1.82) is 0 Å². The van der Waals surface area contributed by atoms with Gasteiger partial charge < -0.3 is 10.0 Å². The first-order valence-corrected chi connectivity index (χ1v) is 15.7. The van der Waals surface area contributed by atoms with Crippen LogP contribution in [0.3, 0.4) is 0 Å². The molecule has 3 aromatic carbocycles. The van der Waals surface area contributed by atoms with Gasteiger partial charge in [0.25, 0.3) is 5.91 Å². The highest BCUT2D eigenvalue weighted by Crippen LogP contribution is 2.36. The number of amides is 1. The Balaban J connectivity index is 1.29. The molecule has 2 aromatic heterocycles. The molecule has 0 unspecified atom stereocenters. The molecule has 0 saturated heterocycles. The van der Waals surface area contributed by atoms with Crippen LogP contribution in [-0.2, 0) is 17.4 Å². The molecule has 2 atom stereocenters. The van der Waals surface area contributed by atoms with E-state index in [1.54, 1.807) is 23.1 Å². The summed E-state index contributed by atoms with van der Waals surface area (Å²) in [5.74, 6) is -2.18. The fraction of sp³-hybridized carbons (Fsp3) is 0.243. The maximum absolute atomic E-state index is 15.7. The molecule has 0 spiro atoms. The van der Waals surface area contributed by atoms with E-state index in [0.717, 1.165) is 23.3 Å². The second kappa shape index (κ2) is 12.0. The maximum Gasteiger partial charge on any atom is 0.416 e. The summed E-state index contributed by atoms with van der Waals surface area (Å²) in [6, 6.07) is 20.1. The summed E-state index contributed by atoms with van der Waals surface area (Å²) in [4.78, 5) is 31.7. The van der Waals surface area contributed by atoms with E-state index in [4.69, 9.17) is 0 Å². The van der Waals surface area contributed by atoms with Crippen LogP contribution in [0, 0.1) is 11.7 Å². The van der Waals surface area contributed by atoms with Crippen molar-refractivity contribution in [2.45, 2.75) is 44.8 Å². The lowest BCUT2D eigenvalue weighted by Crippen LogP contribution is -2.39. The van der Waals surface area contributed by atoms with Gasteiger partial charge in [0.2, 0.25) is 0 Å². The van der Waals surface area contributed by atoms with E-state index < -0.39 is 29.4 Å². The second-order valence-electron chi connectivity index (χ2n) is 12.3. The first-order chi connectivity index (χ1) is 23.0. The summed E-state index contributed by atoms with van der Waals surface area (Å²) >= 11 is 0. The Hall–Kier alpha value is -5.32. The zero-order valence-electron chi connectivity index (χ0n) is 25.8. The van der Waals surface area contributed by atoms with Crippen LogP contribution >= 0.6 is 0 Å². The molecule has 1 aliphatic heterocycles. The molecule has 2 aliphatic rings. The smallest absolute Gasteiger partial charge is 0.416 e. The van der Waals surface area contributed by atoms with Gasteiger partial charge in [-0.15, -0.1) is 0 Å². The summed E-state index contributed by atoms with van der Waals surface area (Å²) < 4.78 is 57.2. The van der Waals surface area contributed by atoms with Crippen LogP contribution in [0.25, 0.3) is 33.7 Å². The zero-order chi connectivity index (χ0) is 33.7. The van der Waals surface area contributed by atoms with E-state index in [9.17, 15) is 27.9 Å². The number of halogens is 4. The number of fused-ring (bicyclic) bond motifs is 2. The number of hydrogen-bond acceptors (Lipinski definition) is 4. The molecular weight excluding hydrogens is 624 g/mol. The zero-order valence-corrected chi connectivity index (χ0v) is 25.8. The van der Waals surface area contributed by atoms with Crippen LogP contribution in [-0.4, -0.2) is 43.0 Å². The molecule has 1 aliphatic carbocycles. The lowest BCUT2D eigenvalue weighted by atomic mass is 9.86. The Morgan fingerprint density at radius 2 is 1.69 bits per heavy atom. The summed E-state index contributed by atoms with van der Waals surface area (Å²) in [7, 11) is 0. The Labute approximate surface area is 273 Å². The number of aliphatic carboxylic acids is 1. The highest BCUT2D eigenvalue weighted by molar-refractivity contribution is 5.94. The third-order valence-corrected chi connectivity index (χ3v) is 9.39. The monoisotopic (exact) mass is 654 g/mol. The van der Waals surface area contributed by atoms with Crippen molar-refractivity contribution in [2.24, 2.45) is 5.92 Å². The quantitative estimate of drug-likeness (QED) is 0.193. The summed E-state index contributed by atoms with van der Waals surface area (Å²) in [6.07, 6.45) is -0.655. The molecule has 5 aromatic rings. The molecular formula is C37H30F4N4O3. The van der Waals surface area contributed by atoms with E-state index >= 15 is 4.39 Å². The summed E-state index contributed by atoms with van der Waals surface area (Å²) in [5, 5.41) is 13.9. The van der Waals surface area contributed by atoms with Crippen molar-refractivity contribution in [3.05, 3.63) is 119 Å². The number of hydrogen-bond donors (Lipinski definition) is 1. The molecule has 0 fully saturated rings. The van der Waals surface area contributed by atoms with Crippen molar-refractivity contribution in [3.63, 3.8) is 0 Å². The maximum atomic E-state index is 15.7. The number of nitrogens with zero attached hydrogens (tertiary/aromatic N) is 4. The Bertz CT molecular complexity index is 2100. The van der Waals surface area contributed by atoms with Gasteiger partial charge in [0, 0.05) is 23.7 Å². The van der Waals surface area contributed by atoms with Crippen LogP contribution in [0.15, 0.2) is 84.9 Å². The lowest BCUT2D eigenvalue weighted by Gasteiger charge is -2.35. The van der Waals surface area contributed by atoms with Crippen molar-refractivity contribution in [3.8, 4) is 22.5 Å². The molecule has 48 heavy (non-hydrogen) atoms. The number of alkyl halides is 3. The fourth-order valence-electron chi connectivity index (χ4n) is 6.69. The second-order valence-corrected chi connectivity index (χ2v) is 12.3. The van der Waals surface area contributed by atoms with Crippen LogP contribution in [0.2, 0.25) is 0 Å². The number of allylic oxidation sites excluding steroid dienone is 2. The third kappa shape index (κ3) is 5.74. The van der Waals surface area contributed by atoms with Crippen molar-refractivity contribution in [2.75, 3.05) is 6.54 Å². The standard InChI is InChI=1S/C37H30F4N4O3/c1-21-28-5-3-2-4-23(28)16-17-44(21)35(46)32-19-33(24-10-13-27(14-11-24)37(39,40)41)45-34(42-32)20-31(43-45)29-15-12-26(18-30(29)38)22-6-8-25(9-7-22)36(47)48/h2-6,10-15,18-21,25H,7-9,16-17H2,1H3,(H,47,48)/t21-,25-/m1/s1. The number of rotatable bonds is 5. The highest BCUT2D eigenvalue weighted by atomic mass is 19.4. The van der Waals surface area contributed by atoms with Gasteiger partial charge in [-0.1, -0.05) is 48.5 Å². The predicted octanol–water partition coefficient (Wildman–Crippen LogP) is 8.25. The highest BCUT2D eigenvalue weighted by Gasteiger charge is 2.32. The number of carbonyl (C=O) groups excluding carboxylic acids is 1. The largest absolute Gasteiger partial charge is 0.481 e. The number of carboxylic acid groups (broad SMARTS) is 1. The van der Waals surface area contributed by atoms with Gasteiger partial charge in [0.1, 0.15) is 11.5 Å². The molecule has 1 amide bonds. The molecule has 11 heteroatoms. The van der Waals surface area contributed by atoms with Gasteiger partial charge in [-0.05, 0) is 85.2 Å². The minimum Gasteiger partial charge on any atom is -0.481 e. The van der Waals surface area contributed by atoms with Crippen LogP contribution < -0.4 is 0 Å². The summed E-state index contributed by atoms with van der Waals surface area (Å²) in [5.41, 5.74) is 4.34. The van der Waals surface area contributed by atoms with E-state index in [-0.39, 0.29) is 34.5 Å². The molecule has 244 valence electrons. The first-order valence-electron chi connectivity index (χ1n) is 15.7.